The fraction of sp³-hybridized carbons (Fsp3) is 0.250. The summed E-state index contributed by atoms with van der Waals surface area (Å²) < 4.78 is 9.88. The number of benzene rings is 2. The van der Waals surface area contributed by atoms with Gasteiger partial charge in [-0.3, -0.25) is 4.79 Å². The molecule has 8 nitrogen and oxygen atoms in total. The Labute approximate surface area is 173 Å². The number of nitrogens with one attached hydrogen (secondary N) is 2. The van der Waals surface area contributed by atoms with Gasteiger partial charge in [-0.15, -0.1) is 0 Å². The van der Waals surface area contributed by atoms with Gasteiger partial charge in [0.05, 0.1) is 25.0 Å². The molecule has 2 aromatic carbocycles. The van der Waals surface area contributed by atoms with Gasteiger partial charge in [0.15, 0.2) is 11.5 Å². The highest BCUT2D eigenvalue weighted by atomic mass is 35.5. The molecule has 1 atom stereocenters. The molecule has 0 saturated heterocycles. The van der Waals surface area contributed by atoms with E-state index in [-0.39, 0.29) is 29.5 Å². The number of aromatic hydroxyl groups is 1. The summed E-state index contributed by atoms with van der Waals surface area (Å²) in [6, 6.07) is 11.3. The molecule has 0 spiro atoms. The Balaban J connectivity index is 2.09. The first kappa shape index (κ1) is 22.0. The van der Waals surface area contributed by atoms with E-state index in [1.165, 1.54) is 25.5 Å². The van der Waals surface area contributed by atoms with Crippen LogP contribution in [0.2, 0.25) is 5.02 Å². The Morgan fingerprint density at radius 3 is 2.66 bits per heavy atom. The van der Waals surface area contributed by atoms with Crippen LogP contribution in [0.15, 0.2) is 47.6 Å². The lowest BCUT2D eigenvalue weighted by Gasteiger charge is -2.16. The summed E-state index contributed by atoms with van der Waals surface area (Å²) in [4.78, 5) is 24.3. The number of hydrogen-bond donors (Lipinski definition) is 3. The number of hydrogen-bond acceptors (Lipinski definition) is 6. The highest BCUT2D eigenvalue weighted by molar-refractivity contribution is 6.32. The third-order valence-corrected chi connectivity index (χ3v) is 4.11. The van der Waals surface area contributed by atoms with Crippen LogP contribution in [0.1, 0.15) is 18.1 Å². The number of hydrazone groups is 1. The minimum Gasteiger partial charge on any atom is -0.503 e. The van der Waals surface area contributed by atoms with Gasteiger partial charge >= 0.3 is 6.09 Å². The summed E-state index contributed by atoms with van der Waals surface area (Å²) in [5, 5.41) is 16.3. The van der Waals surface area contributed by atoms with E-state index in [4.69, 9.17) is 21.1 Å². The van der Waals surface area contributed by atoms with E-state index >= 15 is 0 Å². The maximum atomic E-state index is 12.5. The molecule has 154 valence electrons. The molecule has 0 aliphatic carbocycles. The van der Waals surface area contributed by atoms with Crippen LogP contribution in [-0.2, 0) is 16.0 Å². The van der Waals surface area contributed by atoms with Crippen molar-refractivity contribution in [2.45, 2.75) is 19.4 Å². The molecular formula is C20H22ClN3O5. The van der Waals surface area contributed by atoms with E-state index in [9.17, 15) is 14.7 Å². The topological polar surface area (TPSA) is 109 Å². The van der Waals surface area contributed by atoms with E-state index in [1.54, 1.807) is 6.92 Å². The Bertz CT molecular complexity index is 874. The summed E-state index contributed by atoms with van der Waals surface area (Å²) >= 11 is 5.93. The van der Waals surface area contributed by atoms with Crippen molar-refractivity contribution in [2.24, 2.45) is 5.10 Å². The summed E-state index contributed by atoms with van der Waals surface area (Å²) in [7, 11) is 1.39. The second-order valence-corrected chi connectivity index (χ2v) is 6.30. The van der Waals surface area contributed by atoms with E-state index in [0.717, 1.165) is 5.56 Å². The lowest BCUT2D eigenvalue weighted by Crippen LogP contribution is -2.47. The lowest BCUT2D eigenvalue weighted by molar-refractivity contribution is -0.123. The van der Waals surface area contributed by atoms with Gasteiger partial charge < -0.3 is 19.9 Å². The highest BCUT2D eigenvalue weighted by Crippen LogP contribution is 2.34. The van der Waals surface area contributed by atoms with Crippen LogP contribution in [0.4, 0.5) is 4.79 Å². The largest absolute Gasteiger partial charge is 0.503 e. The fourth-order valence-electron chi connectivity index (χ4n) is 2.45. The number of amides is 2. The van der Waals surface area contributed by atoms with Crippen LogP contribution in [0.25, 0.3) is 0 Å². The molecule has 9 heteroatoms. The van der Waals surface area contributed by atoms with Crippen LogP contribution in [0.3, 0.4) is 0 Å². The maximum Gasteiger partial charge on any atom is 0.407 e. The van der Waals surface area contributed by atoms with Gasteiger partial charge in [0.25, 0.3) is 5.91 Å². The van der Waals surface area contributed by atoms with Crippen LogP contribution in [-0.4, -0.2) is 43.1 Å². The number of ether oxygens (including phenoxy) is 2. The number of nitrogens with zero attached hydrogens (tertiary/aromatic N) is 1. The van der Waals surface area contributed by atoms with Gasteiger partial charge in [-0.05, 0) is 30.2 Å². The molecule has 2 amide bonds. The molecule has 0 radical (unpaired) electrons. The van der Waals surface area contributed by atoms with Crippen molar-refractivity contribution in [3.63, 3.8) is 0 Å². The zero-order chi connectivity index (χ0) is 21.2. The third-order valence-electron chi connectivity index (χ3n) is 3.83. The zero-order valence-electron chi connectivity index (χ0n) is 16.0. The molecule has 0 unspecified atom stereocenters. The molecule has 0 aromatic heterocycles. The van der Waals surface area contributed by atoms with Crippen molar-refractivity contribution in [3.8, 4) is 11.5 Å². The second kappa shape index (κ2) is 10.9. The molecule has 2 rings (SSSR count). The predicted molar refractivity (Wildman–Crippen MR) is 109 cm³/mol. The first-order chi connectivity index (χ1) is 13.9. The van der Waals surface area contributed by atoms with Gasteiger partial charge in [-0.2, -0.15) is 5.10 Å². The quantitative estimate of drug-likeness (QED) is 0.450. The minimum atomic E-state index is -0.883. The number of methoxy groups -OCH3 is 1. The summed E-state index contributed by atoms with van der Waals surface area (Å²) in [5.74, 6) is -0.525. The highest BCUT2D eigenvalue weighted by Gasteiger charge is 2.21. The van der Waals surface area contributed by atoms with E-state index in [0.29, 0.717) is 5.56 Å². The predicted octanol–water partition coefficient (Wildman–Crippen LogP) is 2.86. The van der Waals surface area contributed by atoms with Crippen molar-refractivity contribution in [1.29, 1.82) is 0 Å². The summed E-state index contributed by atoms with van der Waals surface area (Å²) in [5.41, 5.74) is 3.75. The zero-order valence-corrected chi connectivity index (χ0v) is 16.8. The number of phenolic OH excluding ortho intramolecular Hbond substituents is 1. The smallest absolute Gasteiger partial charge is 0.407 e. The molecule has 0 saturated carbocycles. The number of rotatable bonds is 8. The number of alkyl carbamates (subject to hydrolysis) is 1. The molecule has 29 heavy (non-hydrogen) atoms. The second-order valence-electron chi connectivity index (χ2n) is 5.89. The molecular weight excluding hydrogens is 398 g/mol. The average Bonchev–Trinajstić information content (AvgIpc) is 2.70. The van der Waals surface area contributed by atoms with Crippen molar-refractivity contribution in [2.75, 3.05) is 13.7 Å². The van der Waals surface area contributed by atoms with E-state index in [1.807, 2.05) is 30.3 Å². The van der Waals surface area contributed by atoms with E-state index < -0.39 is 18.0 Å². The van der Waals surface area contributed by atoms with Gasteiger partial charge in [0.1, 0.15) is 6.04 Å². The Hall–Kier alpha value is -3.26. The normalized spacial score (nSPS) is 11.7. The van der Waals surface area contributed by atoms with Crippen molar-refractivity contribution < 1.29 is 24.2 Å². The number of phenols is 1. The van der Waals surface area contributed by atoms with Crippen LogP contribution >= 0.6 is 11.6 Å². The molecule has 0 heterocycles. The van der Waals surface area contributed by atoms with Gasteiger partial charge in [-0.25, -0.2) is 10.2 Å². The monoisotopic (exact) mass is 419 g/mol. The maximum absolute atomic E-state index is 12.5. The number of carbonyl (C=O) groups is 2. The number of halogens is 1. The molecule has 0 bridgehead atoms. The van der Waals surface area contributed by atoms with Crippen LogP contribution in [0.5, 0.6) is 11.5 Å². The van der Waals surface area contributed by atoms with Gasteiger partial charge in [0, 0.05) is 6.42 Å². The van der Waals surface area contributed by atoms with Gasteiger partial charge in [0.2, 0.25) is 0 Å². The lowest BCUT2D eigenvalue weighted by atomic mass is 10.1. The summed E-state index contributed by atoms with van der Waals surface area (Å²) in [6.45, 7) is 1.86. The molecule has 2 aromatic rings. The fourth-order valence-corrected chi connectivity index (χ4v) is 2.67. The van der Waals surface area contributed by atoms with Crippen molar-refractivity contribution in [1.82, 2.24) is 10.7 Å². The van der Waals surface area contributed by atoms with Gasteiger partial charge in [-0.1, -0.05) is 41.9 Å². The average molecular weight is 420 g/mol. The number of carbonyl (C=O) groups excluding carboxylic acids is 2. The molecule has 0 aliphatic heterocycles. The van der Waals surface area contributed by atoms with E-state index in [2.05, 4.69) is 15.8 Å². The van der Waals surface area contributed by atoms with Crippen molar-refractivity contribution >= 4 is 29.8 Å². The van der Waals surface area contributed by atoms with Crippen LogP contribution in [0, 0.1) is 0 Å². The van der Waals surface area contributed by atoms with Crippen LogP contribution < -0.4 is 15.5 Å². The minimum absolute atomic E-state index is 0.0862. The first-order valence-electron chi connectivity index (χ1n) is 8.81. The standard InChI is InChI=1S/C20H22ClN3O5/c1-3-29-20(27)23-16(10-13-7-5-4-6-8-13)19(26)24-22-12-14-9-15(21)18(25)17(11-14)28-2/h4-9,11-12,16,25H,3,10H2,1-2H3,(H,23,27)(H,24,26)/b22-12-/t16-/m0/s1. The Kier molecular flexibility index (Phi) is 8.29. The Morgan fingerprint density at radius 1 is 1.28 bits per heavy atom. The summed E-state index contributed by atoms with van der Waals surface area (Å²) in [6.07, 6.45) is 0.915. The Morgan fingerprint density at radius 2 is 2.00 bits per heavy atom. The first-order valence-corrected chi connectivity index (χ1v) is 9.19. The van der Waals surface area contributed by atoms with Crippen molar-refractivity contribution in [3.05, 3.63) is 58.6 Å². The molecule has 0 fully saturated rings. The SMILES string of the molecule is CCOC(=O)N[C@@H](Cc1ccccc1)C(=O)N/N=C\c1cc(Cl)c(O)c(OC)c1. The molecule has 0 aliphatic rings. The molecule has 3 N–H and O–H groups in total. The third kappa shape index (κ3) is 6.69.